The van der Waals surface area contributed by atoms with Crippen LogP contribution < -0.4 is 16.0 Å². The minimum atomic E-state index is -1.06. The molecule has 8 aromatic rings. The Morgan fingerprint density at radius 1 is 0.864 bits per heavy atom. The number of halogens is 1. The van der Waals surface area contributed by atoms with Crippen LogP contribution in [0.3, 0.4) is 0 Å². The molecule has 66 heavy (non-hydrogen) atoms. The molecular formula is C49H57BFN13O2. The van der Waals surface area contributed by atoms with Gasteiger partial charge in [0.2, 0.25) is 5.91 Å². The second-order valence-electron chi connectivity index (χ2n) is 16.7. The van der Waals surface area contributed by atoms with Gasteiger partial charge in [-0.15, -0.1) is 0 Å². The summed E-state index contributed by atoms with van der Waals surface area (Å²) in [6.45, 7) is 10.2. The van der Waals surface area contributed by atoms with Crippen LogP contribution in [0.5, 0.6) is 0 Å². The molecule has 4 N–H and O–H groups in total. The molecule has 7 heterocycles. The Kier molecular flexibility index (Phi) is 14.6. The van der Waals surface area contributed by atoms with Crippen LogP contribution in [0, 0.1) is 19.8 Å². The highest BCUT2D eigenvalue weighted by atomic mass is 19.1. The number of fused-ring (bicyclic) bond motifs is 6. The topological polar surface area (TPSA) is 185 Å². The Morgan fingerprint density at radius 2 is 1.52 bits per heavy atom. The van der Waals surface area contributed by atoms with E-state index in [9.17, 15) is 14.3 Å². The number of aryl methyl sites for hydroxylation is 3. The quantitative estimate of drug-likeness (QED) is 0.0554. The number of aliphatic imine (C=N–C) groups is 1. The number of nitrogens with one attached hydrogen (secondary N) is 3. The maximum absolute atomic E-state index is 13.2. The van der Waals surface area contributed by atoms with E-state index < -0.39 is 18.2 Å². The number of carbonyl (C=O) groups is 1. The van der Waals surface area contributed by atoms with Crippen molar-refractivity contribution >= 4 is 69.6 Å². The van der Waals surface area contributed by atoms with E-state index in [2.05, 4.69) is 88.8 Å². The smallest absolute Gasteiger partial charge is 0.231 e. The zero-order valence-electron chi connectivity index (χ0n) is 39.1. The SMILES string of the molecule is CCCC(O)c1cc(C)c(-c2cc3cnc(NC)cc3c3c2ncn3C)cn1.CN=C(C)NC.[B]C(CCC)c1cc(C)c(-c2cc3cnc(NC(=O)C4CC4F)cc3n3ncnc23)cn1. The van der Waals surface area contributed by atoms with E-state index in [0.29, 0.717) is 17.9 Å². The molecule has 0 spiro atoms. The van der Waals surface area contributed by atoms with Gasteiger partial charge in [0.1, 0.15) is 24.1 Å². The van der Waals surface area contributed by atoms with Gasteiger partial charge in [0.15, 0.2) is 5.65 Å². The van der Waals surface area contributed by atoms with Crippen LogP contribution in [-0.2, 0) is 11.8 Å². The summed E-state index contributed by atoms with van der Waals surface area (Å²) in [6, 6.07) is 11.9. The van der Waals surface area contributed by atoms with Gasteiger partial charge in [-0.05, 0) is 80.9 Å². The van der Waals surface area contributed by atoms with E-state index in [1.54, 1.807) is 23.8 Å². The van der Waals surface area contributed by atoms with Gasteiger partial charge < -0.3 is 25.6 Å². The number of amidine groups is 1. The van der Waals surface area contributed by atoms with E-state index in [0.717, 1.165) is 108 Å². The van der Waals surface area contributed by atoms with E-state index in [1.165, 1.54) is 6.33 Å². The first-order valence-corrected chi connectivity index (χ1v) is 22.3. The molecule has 1 aliphatic carbocycles. The number of benzene rings is 1. The van der Waals surface area contributed by atoms with E-state index in [-0.39, 0.29) is 18.1 Å². The summed E-state index contributed by atoms with van der Waals surface area (Å²) in [5, 5.41) is 26.3. The number of nitrogens with zero attached hydrogens (tertiary/aromatic N) is 10. The Balaban J connectivity index is 0.000000176. The lowest BCUT2D eigenvalue weighted by molar-refractivity contribution is -0.117. The van der Waals surface area contributed by atoms with Gasteiger partial charge in [0, 0.05) is 103 Å². The number of hydrogen-bond donors (Lipinski definition) is 4. The first-order valence-electron chi connectivity index (χ1n) is 22.3. The number of hydrogen-bond acceptors (Lipinski definition) is 11. The first kappa shape index (κ1) is 47.1. The lowest BCUT2D eigenvalue weighted by Gasteiger charge is -2.14. The summed E-state index contributed by atoms with van der Waals surface area (Å²) < 4.78 is 16.9. The molecule has 0 bridgehead atoms. The van der Waals surface area contributed by atoms with Crippen molar-refractivity contribution in [3.05, 3.63) is 96.4 Å². The van der Waals surface area contributed by atoms with Crippen LogP contribution in [0.4, 0.5) is 16.0 Å². The van der Waals surface area contributed by atoms with E-state index in [1.807, 2.05) is 82.7 Å². The molecule has 1 aromatic carbocycles. The molecule has 4 unspecified atom stereocenters. The molecule has 1 amide bonds. The summed E-state index contributed by atoms with van der Waals surface area (Å²) in [7, 11) is 13.7. The largest absolute Gasteiger partial charge is 0.387 e. The van der Waals surface area contributed by atoms with Crippen LogP contribution >= 0.6 is 0 Å². The third kappa shape index (κ3) is 10.0. The van der Waals surface area contributed by atoms with Crippen molar-refractivity contribution in [2.45, 2.75) is 84.8 Å². The number of imidazole rings is 1. The molecule has 4 atom stereocenters. The van der Waals surface area contributed by atoms with Gasteiger partial charge in [-0.3, -0.25) is 19.8 Å². The fraction of sp³-hybridized carbons (Fsp3) is 0.367. The summed E-state index contributed by atoms with van der Waals surface area (Å²) in [4.78, 5) is 43.0. The van der Waals surface area contributed by atoms with Crippen molar-refractivity contribution in [2.24, 2.45) is 18.0 Å². The minimum Gasteiger partial charge on any atom is -0.387 e. The van der Waals surface area contributed by atoms with Gasteiger partial charge in [0.05, 0.1) is 54.3 Å². The number of aromatic nitrogens is 9. The standard InChI is InChI=1S/C23H22BFN6O.C22H25N5O.C4H10N2/c1-3-4-17(24)19-5-12(2)16(10-26-19)14-6-13-9-27-21(30-23(32)15-7-18(15)25)8-20(13)31-22(14)28-11-29-31;1-5-6-19(28)18-7-13(2)17(11-24-18)16-8-14-10-25-20(23-3)9-15(14)22-21(16)26-12-27(22)4;1-4(5-2)6-3/h5-6,8-11,15,17-18H,3-4,7H2,1-2H3,(H,27,30,32);7-12,19,28H,5-6H2,1-4H3,(H,23,25);1-3H3,(H,5,6). The molecule has 340 valence electrons. The molecule has 9 rings (SSSR count). The number of anilines is 2. The summed E-state index contributed by atoms with van der Waals surface area (Å²) in [5.74, 6) is 1.14. The van der Waals surface area contributed by atoms with Crippen molar-refractivity contribution in [3.63, 3.8) is 0 Å². The molecule has 7 aromatic heterocycles. The highest BCUT2D eigenvalue weighted by Crippen LogP contribution is 2.38. The van der Waals surface area contributed by atoms with Crippen LogP contribution in [0.15, 0.2) is 78.8 Å². The Morgan fingerprint density at radius 3 is 2.15 bits per heavy atom. The molecule has 1 saturated carbocycles. The minimum absolute atomic E-state index is 0.0846. The second-order valence-corrected chi connectivity index (χ2v) is 16.7. The number of aliphatic hydroxyl groups is 1. The Bertz CT molecular complexity index is 3060. The lowest BCUT2D eigenvalue weighted by Crippen LogP contribution is -2.16. The van der Waals surface area contributed by atoms with Gasteiger partial charge in [-0.25, -0.2) is 28.8 Å². The highest BCUT2D eigenvalue weighted by Gasteiger charge is 2.43. The van der Waals surface area contributed by atoms with Gasteiger partial charge >= 0.3 is 0 Å². The molecule has 17 heteroatoms. The fourth-order valence-corrected chi connectivity index (χ4v) is 7.89. The van der Waals surface area contributed by atoms with Crippen molar-refractivity contribution < 1.29 is 14.3 Å². The normalized spacial score (nSPS) is 15.5. The third-order valence-corrected chi connectivity index (χ3v) is 11.9. The zero-order valence-corrected chi connectivity index (χ0v) is 39.1. The zero-order chi connectivity index (χ0) is 47.2. The van der Waals surface area contributed by atoms with Crippen molar-refractivity contribution in [3.8, 4) is 22.3 Å². The maximum atomic E-state index is 13.2. The van der Waals surface area contributed by atoms with Crippen molar-refractivity contribution in [2.75, 3.05) is 31.8 Å². The van der Waals surface area contributed by atoms with Crippen LogP contribution in [-0.4, -0.2) is 96.1 Å². The average Bonchev–Trinajstić information content (AvgIpc) is 3.64. The van der Waals surface area contributed by atoms with Crippen LogP contribution in [0.2, 0.25) is 0 Å². The number of amides is 1. The highest BCUT2D eigenvalue weighted by molar-refractivity contribution is 6.12. The van der Waals surface area contributed by atoms with E-state index in [4.69, 9.17) is 7.85 Å². The summed E-state index contributed by atoms with van der Waals surface area (Å²) in [6.07, 6.45) is 12.8. The number of pyridine rings is 5. The number of rotatable bonds is 11. The van der Waals surface area contributed by atoms with Crippen molar-refractivity contribution in [1.29, 1.82) is 0 Å². The molecule has 0 saturated heterocycles. The lowest BCUT2D eigenvalue weighted by atomic mass is 9.80. The van der Waals surface area contributed by atoms with Crippen LogP contribution in [0.25, 0.3) is 60.6 Å². The number of carbonyl (C=O) groups excluding carboxylic acids is 1. The average molecular weight is 890 g/mol. The summed E-state index contributed by atoms with van der Waals surface area (Å²) in [5.41, 5.74) is 11.0. The second kappa shape index (κ2) is 20.5. The van der Waals surface area contributed by atoms with Gasteiger partial charge in [-0.1, -0.05) is 33.1 Å². The Labute approximate surface area is 385 Å². The predicted octanol–water partition coefficient (Wildman–Crippen LogP) is 8.58. The molecule has 1 fully saturated rings. The molecule has 1 aliphatic rings. The van der Waals surface area contributed by atoms with Crippen molar-refractivity contribution in [1.82, 2.24) is 49.4 Å². The fourth-order valence-electron chi connectivity index (χ4n) is 7.89. The molecule has 0 aliphatic heterocycles. The third-order valence-electron chi connectivity index (χ3n) is 11.9. The monoisotopic (exact) mass is 889 g/mol. The number of aliphatic hydroxyl groups excluding tert-OH is 1. The summed E-state index contributed by atoms with van der Waals surface area (Å²) >= 11 is 0. The van der Waals surface area contributed by atoms with Crippen LogP contribution in [0.1, 0.15) is 87.3 Å². The molecular weight excluding hydrogens is 832 g/mol. The van der Waals surface area contributed by atoms with E-state index >= 15 is 0 Å². The predicted molar refractivity (Wildman–Crippen MR) is 263 cm³/mol. The molecule has 15 nitrogen and oxygen atoms in total. The van der Waals surface area contributed by atoms with Gasteiger partial charge in [-0.2, -0.15) is 5.10 Å². The number of alkyl halides is 1. The first-order chi connectivity index (χ1) is 31.8. The molecule has 2 radical (unpaired) electrons. The Hall–Kier alpha value is -6.88. The van der Waals surface area contributed by atoms with Gasteiger partial charge in [0.25, 0.3) is 0 Å². The maximum Gasteiger partial charge on any atom is 0.231 e.